The van der Waals surface area contributed by atoms with E-state index >= 15 is 0 Å². The molecule has 2 aromatic carbocycles. The molecule has 3 heteroatoms. The zero-order valence-electron chi connectivity index (χ0n) is 13.2. The third-order valence-corrected chi connectivity index (χ3v) is 3.96. The highest BCUT2D eigenvalue weighted by atomic mass is 16.3. The van der Waals surface area contributed by atoms with Gasteiger partial charge in [-0.25, -0.2) is 0 Å². The van der Waals surface area contributed by atoms with E-state index in [4.69, 9.17) is 0 Å². The summed E-state index contributed by atoms with van der Waals surface area (Å²) in [6.07, 6.45) is 1.47. The number of phenols is 1. The van der Waals surface area contributed by atoms with Gasteiger partial charge < -0.3 is 15.5 Å². The van der Waals surface area contributed by atoms with Crippen LogP contribution < -0.4 is 5.32 Å². The second-order valence-corrected chi connectivity index (χ2v) is 5.92. The normalized spacial score (nSPS) is 15.2. The molecule has 0 fully saturated rings. The number of rotatable bonds is 7. The first-order valence-corrected chi connectivity index (χ1v) is 7.83. The quantitative estimate of drug-likeness (QED) is 0.734. The van der Waals surface area contributed by atoms with E-state index in [9.17, 15) is 10.2 Å². The van der Waals surface area contributed by atoms with Gasteiger partial charge in [0.2, 0.25) is 0 Å². The van der Waals surface area contributed by atoms with E-state index in [-0.39, 0.29) is 11.8 Å². The first-order valence-electron chi connectivity index (χ1n) is 7.83. The van der Waals surface area contributed by atoms with E-state index in [0.717, 1.165) is 18.4 Å². The summed E-state index contributed by atoms with van der Waals surface area (Å²) in [5, 5.41) is 23.1. The molecule has 0 saturated carbocycles. The Hall–Kier alpha value is -1.84. The van der Waals surface area contributed by atoms with E-state index in [1.165, 1.54) is 5.56 Å². The average Bonchev–Trinajstić information content (AvgIpc) is 2.54. The van der Waals surface area contributed by atoms with E-state index < -0.39 is 6.10 Å². The standard InChI is InChI=1S/C19H25NO2/c1-14(8-9-16-6-4-3-5-7-16)20-15(2)19(22)17-10-12-18(21)13-11-17/h3-7,10-15,19-22H,8-9H2,1-2H3/t14-,15-,19-/m0/s1. The average molecular weight is 299 g/mol. The van der Waals surface area contributed by atoms with Crippen LogP contribution in [0, 0.1) is 0 Å². The van der Waals surface area contributed by atoms with Gasteiger partial charge in [0, 0.05) is 12.1 Å². The number of aromatic hydroxyl groups is 1. The van der Waals surface area contributed by atoms with Crippen molar-refractivity contribution in [3.05, 3.63) is 65.7 Å². The van der Waals surface area contributed by atoms with Crippen LogP contribution in [-0.4, -0.2) is 22.3 Å². The number of benzene rings is 2. The van der Waals surface area contributed by atoms with Gasteiger partial charge in [0.25, 0.3) is 0 Å². The zero-order valence-corrected chi connectivity index (χ0v) is 13.2. The molecule has 118 valence electrons. The topological polar surface area (TPSA) is 52.5 Å². The van der Waals surface area contributed by atoms with Gasteiger partial charge in [0.15, 0.2) is 0 Å². The molecule has 3 atom stereocenters. The SMILES string of the molecule is C[C@H](N[C@@H](C)CCc1ccccc1)[C@H](O)c1ccc(O)cc1. The van der Waals surface area contributed by atoms with E-state index in [2.05, 4.69) is 36.5 Å². The summed E-state index contributed by atoms with van der Waals surface area (Å²) in [6, 6.07) is 17.4. The fourth-order valence-corrected chi connectivity index (χ4v) is 2.61. The number of hydrogen-bond donors (Lipinski definition) is 3. The van der Waals surface area contributed by atoms with Crippen molar-refractivity contribution in [2.45, 2.75) is 44.9 Å². The fraction of sp³-hybridized carbons (Fsp3) is 0.368. The number of hydrogen-bond acceptors (Lipinski definition) is 3. The minimum atomic E-state index is -0.584. The Labute approximate surface area is 132 Å². The maximum atomic E-state index is 10.4. The van der Waals surface area contributed by atoms with Crippen LogP contribution in [0.2, 0.25) is 0 Å². The van der Waals surface area contributed by atoms with Crippen LogP contribution in [0.15, 0.2) is 54.6 Å². The highest BCUT2D eigenvalue weighted by molar-refractivity contribution is 5.27. The molecule has 0 aliphatic carbocycles. The molecule has 0 spiro atoms. The Bertz CT molecular complexity index is 553. The van der Waals surface area contributed by atoms with Crippen LogP contribution in [0.4, 0.5) is 0 Å². The lowest BCUT2D eigenvalue weighted by atomic mass is 10.0. The van der Waals surface area contributed by atoms with Crippen molar-refractivity contribution >= 4 is 0 Å². The fourth-order valence-electron chi connectivity index (χ4n) is 2.61. The summed E-state index contributed by atoms with van der Waals surface area (Å²) in [6.45, 7) is 4.12. The van der Waals surface area contributed by atoms with Crippen LogP contribution in [0.25, 0.3) is 0 Å². The molecule has 2 aromatic rings. The van der Waals surface area contributed by atoms with Gasteiger partial charge >= 0.3 is 0 Å². The summed E-state index contributed by atoms with van der Waals surface area (Å²) in [5.74, 6) is 0.216. The molecule has 22 heavy (non-hydrogen) atoms. The minimum absolute atomic E-state index is 0.0460. The van der Waals surface area contributed by atoms with Crippen molar-refractivity contribution in [1.29, 1.82) is 0 Å². The smallest absolute Gasteiger partial charge is 0.115 e. The van der Waals surface area contributed by atoms with Crippen LogP contribution in [0.3, 0.4) is 0 Å². The van der Waals surface area contributed by atoms with Gasteiger partial charge in [-0.2, -0.15) is 0 Å². The molecular weight excluding hydrogens is 274 g/mol. The predicted molar refractivity (Wildman–Crippen MR) is 89.9 cm³/mol. The van der Waals surface area contributed by atoms with Gasteiger partial charge in [-0.1, -0.05) is 42.5 Å². The maximum absolute atomic E-state index is 10.4. The van der Waals surface area contributed by atoms with Crippen LogP contribution >= 0.6 is 0 Å². The van der Waals surface area contributed by atoms with Crippen molar-refractivity contribution in [2.24, 2.45) is 0 Å². The second-order valence-electron chi connectivity index (χ2n) is 5.92. The molecule has 0 unspecified atom stereocenters. The molecule has 0 saturated heterocycles. The van der Waals surface area contributed by atoms with Crippen LogP contribution in [0.1, 0.15) is 37.5 Å². The van der Waals surface area contributed by atoms with Gasteiger partial charge in [-0.3, -0.25) is 0 Å². The first kappa shape index (κ1) is 16.5. The predicted octanol–water partition coefficient (Wildman–Crippen LogP) is 3.43. The van der Waals surface area contributed by atoms with E-state index in [1.54, 1.807) is 24.3 Å². The molecule has 0 aromatic heterocycles. The molecular formula is C19H25NO2. The van der Waals surface area contributed by atoms with Crippen LogP contribution in [-0.2, 0) is 6.42 Å². The Balaban J connectivity index is 1.82. The van der Waals surface area contributed by atoms with Gasteiger partial charge in [0.05, 0.1) is 6.10 Å². The summed E-state index contributed by atoms with van der Waals surface area (Å²) in [4.78, 5) is 0. The Morgan fingerprint density at radius 2 is 1.59 bits per heavy atom. The Morgan fingerprint density at radius 3 is 2.23 bits per heavy atom. The lowest BCUT2D eigenvalue weighted by molar-refractivity contribution is 0.129. The summed E-state index contributed by atoms with van der Waals surface area (Å²) >= 11 is 0. The van der Waals surface area contributed by atoms with Crippen molar-refractivity contribution in [3.63, 3.8) is 0 Å². The Kier molecular flexibility index (Phi) is 5.99. The zero-order chi connectivity index (χ0) is 15.9. The minimum Gasteiger partial charge on any atom is -0.508 e. The molecule has 0 aliphatic rings. The van der Waals surface area contributed by atoms with E-state index in [1.807, 2.05) is 13.0 Å². The number of aliphatic hydroxyl groups is 1. The molecule has 0 radical (unpaired) electrons. The van der Waals surface area contributed by atoms with Crippen molar-refractivity contribution in [1.82, 2.24) is 5.32 Å². The van der Waals surface area contributed by atoms with Gasteiger partial charge in [-0.15, -0.1) is 0 Å². The molecule has 2 rings (SSSR count). The molecule has 3 nitrogen and oxygen atoms in total. The summed E-state index contributed by atoms with van der Waals surface area (Å²) in [7, 11) is 0. The number of phenolic OH excluding ortho intramolecular Hbond substituents is 1. The maximum Gasteiger partial charge on any atom is 0.115 e. The lowest BCUT2D eigenvalue weighted by Gasteiger charge is -2.25. The monoisotopic (exact) mass is 299 g/mol. The molecule has 0 aliphatic heterocycles. The van der Waals surface area contributed by atoms with Crippen molar-refractivity contribution in [3.8, 4) is 5.75 Å². The van der Waals surface area contributed by atoms with Crippen molar-refractivity contribution in [2.75, 3.05) is 0 Å². The third-order valence-electron chi connectivity index (χ3n) is 3.96. The molecule has 0 amide bonds. The number of nitrogens with one attached hydrogen (secondary N) is 1. The van der Waals surface area contributed by atoms with Crippen molar-refractivity contribution < 1.29 is 10.2 Å². The highest BCUT2D eigenvalue weighted by Gasteiger charge is 2.18. The first-order chi connectivity index (χ1) is 10.6. The largest absolute Gasteiger partial charge is 0.508 e. The third kappa shape index (κ3) is 4.86. The highest BCUT2D eigenvalue weighted by Crippen LogP contribution is 2.20. The second kappa shape index (κ2) is 7.97. The van der Waals surface area contributed by atoms with E-state index in [0.29, 0.717) is 6.04 Å². The summed E-state index contributed by atoms with van der Waals surface area (Å²) in [5.41, 5.74) is 2.15. The number of aliphatic hydroxyl groups excluding tert-OH is 1. The number of aryl methyl sites for hydroxylation is 1. The van der Waals surface area contributed by atoms with Gasteiger partial charge in [-0.05, 0) is 49.9 Å². The molecule has 0 bridgehead atoms. The Morgan fingerprint density at radius 1 is 0.955 bits per heavy atom. The molecule has 0 heterocycles. The lowest BCUT2D eigenvalue weighted by Crippen LogP contribution is -2.38. The van der Waals surface area contributed by atoms with Crippen LogP contribution in [0.5, 0.6) is 5.75 Å². The summed E-state index contributed by atoms with van der Waals surface area (Å²) < 4.78 is 0. The molecule has 3 N–H and O–H groups in total. The van der Waals surface area contributed by atoms with Gasteiger partial charge in [0.1, 0.15) is 5.75 Å².